The van der Waals surface area contributed by atoms with E-state index in [9.17, 15) is 0 Å². The number of benzene rings is 1. The van der Waals surface area contributed by atoms with E-state index in [1.807, 2.05) is 11.8 Å². The quantitative estimate of drug-likeness (QED) is 0.576. The van der Waals surface area contributed by atoms with Crippen LogP contribution < -0.4 is 29.3 Å². The average Bonchev–Trinajstić information content (AvgIpc) is 2.92. The highest BCUT2D eigenvalue weighted by molar-refractivity contribution is 8.04. The number of hydrogen-bond acceptors (Lipinski definition) is 2. The Kier molecular flexibility index (Phi) is 5.77. The van der Waals surface area contributed by atoms with Gasteiger partial charge in [-0.2, -0.15) is 0 Å². The highest BCUT2D eigenvalue weighted by Crippen LogP contribution is 2.39. The molecule has 2 heterocycles. The second-order valence-corrected chi connectivity index (χ2v) is 7.97. The number of thioether (sulfide) groups is 1. The summed E-state index contributed by atoms with van der Waals surface area (Å²) in [6, 6.07) is 10.5. The molecule has 1 fully saturated rings. The van der Waals surface area contributed by atoms with Crippen molar-refractivity contribution in [3.8, 4) is 0 Å². The van der Waals surface area contributed by atoms with Gasteiger partial charge in [0.1, 0.15) is 13.1 Å². The van der Waals surface area contributed by atoms with Crippen molar-refractivity contribution >= 4 is 23.2 Å². The van der Waals surface area contributed by atoms with Gasteiger partial charge in [0.25, 0.3) is 0 Å². The maximum absolute atomic E-state index is 3.57. The zero-order chi connectivity index (χ0) is 14.0. The third kappa shape index (κ3) is 4.49. The number of allylic oxidation sites excluding steroid dienone is 1. The number of hydrogen-bond donors (Lipinski definition) is 1. The van der Waals surface area contributed by atoms with Crippen LogP contribution in [0.4, 0.5) is 5.69 Å². The summed E-state index contributed by atoms with van der Waals surface area (Å²) < 4.78 is 2.83. The van der Waals surface area contributed by atoms with Gasteiger partial charge in [-0.15, -0.1) is 11.8 Å². The molecule has 1 saturated heterocycles. The summed E-state index contributed by atoms with van der Waals surface area (Å²) in [6.45, 7) is 7.14. The summed E-state index contributed by atoms with van der Waals surface area (Å²) in [5.74, 6) is 0. The Balaban J connectivity index is 0.00000161. The van der Waals surface area contributed by atoms with E-state index in [4.69, 9.17) is 0 Å². The van der Waals surface area contributed by atoms with Crippen LogP contribution in [0.15, 0.2) is 41.4 Å². The molecular weight excluding hydrogens is 391 g/mol. The van der Waals surface area contributed by atoms with Crippen LogP contribution >= 0.6 is 11.8 Å². The lowest BCUT2D eigenvalue weighted by Crippen LogP contribution is -3.00. The zero-order valence-electron chi connectivity index (χ0n) is 12.7. The van der Waals surface area contributed by atoms with E-state index < -0.39 is 0 Å². The molecule has 3 rings (SSSR count). The van der Waals surface area contributed by atoms with Crippen molar-refractivity contribution in [1.82, 2.24) is 0 Å². The minimum absolute atomic E-state index is 0. The molecule has 0 atom stereocenters. The van der Waals surface area contributed by atoms with Crippen molar-refractivity contribution in [3.63, 3.8) is 0 Å². The maximum atomic E-state index is 3.57. The minimum Gasteiger partial charge on any atom is -1.00 e. The van der Waals surface area contributed by atoms with Crippen molar-refractivity contribution in [2.75, 3.05) is 18.4 Å². The van der Waals surface area contributed by atoms with Gasteiger partial charge in [-0.1, -0.05) is 18.2 Å². The lowest BCUT2D eigenvalue weighted by atomic mass is 10.0. The number of rotatable bonds is 2. The lowest BCUT2D eigenvalue weighted by molar-refractivity contribution is -0.506. The van der Waals surface area contributed by atoms with Crippen LogP contribution in [-0.4, -0.2) is 28.1 Å². The van der Waals surface area contributed by atoms with E-state index in [1.165, 1.54) is 42.4 Å². The summed E-state index contributed by atoms with van der Waals surface area (Å²) in [6.07, 6.45) is 6.20. The van der Waals surface area contributed by atoms with E-state index in [0.717, 1.165) is 6.42 Å². The Hall–Kier alpha value is -0.490. The van der Waals surface area contributed by atoms with E-state index in [-0.39, 0.29) is 28.7 Å². The van der Waals surface area contributed by atoms with Gasteiger partial charge in [-0.3, -0.25) is 0 Å². The largest absolute Gasteiger partial charge is 1.00 e. The summed E-state index contributed by atoms with van der Waals surface area (Å²) >= 11 is 1.95. The van der Waals surface area contributed by atoms with Crippen molar-refractivity contribution < 1.29 is 28.6 Å². The Morgan fingerprint density at radius 3 is 2.43 bits per heavy atom. The fourth-order valence-corrected chi connectivity index (χ4v) is 4.11. The van der Waals surface area contributed by atoms with E-state index in [1.54, 1.807) is 0 Å². The third-order valence-corrected chi connectivity index (χ3v) is 4.98. The maximum Gasteiger partial charge on any atom is 0.180 e. The normalized spacial score (nSPS) is 20.8. The van der Waals surface area contributed by atoms with Crippen molar-refractivity contribution in [3.05, 3.63) is 41.4 Å². The Morgan fingerprint density at radius 2 is 1.76 bits per heavy atom. The fourth-order valence-electron chi connectivity index (χ4n) is 2.93. The van der Waals surface area contributed by atoms with Gasteiger partial charge in [0.05, 0.1) is 5.03 Å². The van der Waals surface area contributed by atoms with Crippen LogP contribution in [-0.2, 0) is 0 Å². The van der Waals surface area contributed by atoms with Crippen LogP contribution in [0, 0.1) is 0 Å². The van der Waals surface area contributed by atoms with Gasteiger partial charge >= 0.3 is 0 Å². The molecule has 0 spiro atoms. The number of anilines is 1. The van der Waals surface area contributed by atoms with Crippen LogP contribution in [0.5, 0.6) is 0 Å². The molecule has 4 heteroatoms. The molecule has 1 aromatic rings. The molecule has 114 valence electrons. The highest BCUT2D eigenvalue weighted by Gasteiger charge is 2.32. The molecule has 0 radical (unpaired) electrons. The number of halogens is 1. The van der Waals surface area contributed by atoms with Crippen molar-refractivity contribution in [2.24, 2.45) is 0 Å². The van der Waals surface area contributed by atoms with Crippen LogP contribution in [0.2, 0.25) is 0 Å². The van der Waals surface area contributed by atoms with Gasteiger partial charge in [-0.05, 0) is 26.0 Å². The number of nitrogens with one attached hydrogen (secondary N) is 1. The standard InChI is InChI=1S/C17H22N2S.HI/c1-17(2)13-15(19-10-6-7-11-19)12-16(20-17)18-14-8-4-3-5-9-14;/h3-5,8-9,12H,6-7,10-11,13H2,1-2H3;1H. The molecule has 1 aromatic carbocycles. The molecule has 0 saturated carbocycles. The molecular formula is C17H23IN2S. The van der Waals surface area contributed by atoms with Crippen molar-refractivity contribution in [2.45, 2.75) is 37.9 Å². The molecule has 1 N–H and O–H groups in total. The zero-order valence-corrected chi connectivity index (χ0v) is 15.7. The molecule has 0 unspecified atom stereocenters. The number of para-hydroxylation sites is 1. The first-order valence-electron chi connectivity index (χ1n) is 7.46. The average molecular weight is 414 g/mol. The van der Waals surface area contributed by atoms with Gasteiger partial charge in [0.2, 0.25) is 0 Å². The molecule has 0 aromatic heterocycles. The minimum atomic E-state index is 0. The predicted octanol–water partition coefficient (Wildman–Crippen LogP) is 1.11. The first-order chi connectivity index (χ1) is 9.62. The van der Waals surface area contributed by atoms with Crippen LogP contribution in [0.25, 0.3) is 0 Å². The molecule has 2 aliphatic rings. The smallest absolute Gasteiger partial charge is 0.180 e. The Bertz CT molecular complexity index is 541. The molecule has 2 aliphatic heterocycles. The van der Waals surface area contributed by atoms with Gasteiger partial charge in [0, 0.05) is 35.8 Å². The fraction of sp³-hybridized carbons (Fsp3) is 0.471. The second-order valence-electron chi connectivity index (χ2n) is 6.22. The van der Waals surface area contributed by atoms with Gasteiger partial charge < -0.3 is 29.3 Å². The summed E-state index contributed by atoms with van der Waals surface area (Å²) in [5, 5.41) is 4.84. The molecule has 0 bridgehead atoms. The molecule has 0 aliphatic carbocycles. The lowest BCUT2D eigenvalue weighted by Gasteiger charge is -2.29. The summed E-state index contributed by atoms with van der Waals surface area (Å²) in [7, 11) is 0. The Morgan fingerprint density at radius 1 is 1.10 bits per heavy atom. The van der Waals surface area contributed by atoms with Gasteiger partial charge in [-0.25, -0.2) is 4.58 Å². The van der Waals surface area contributed by atoms with Gasteiger partial charge in [0.15, 0.2) is 5.71 Å². The molecule has 0 amide bonds. The third-order valence-electron chi connectivity index (χ3n) is 3.84. The molecule has 21 heavy (non-hydrogen) atoms. The monoisotopic (exact) mass is 414 g/mol. The first kappa shape index (κ1) is 16.9. The SMILES string of the molecule is CC1(C)CC(=[N+]2CCCC2)C=C(Nc2ccccc2)S1.[I-]. The summed E-state index contributed by atoms with van der Waals surface area (Å²) in [4.78, 5) is 0. The Labute approximate surface area is 149 Å². The number of nitrogens with zero attached hydrogens (tertiary/aromatic N) is 1. The predicted molar refractivity (Wildman–Crippen MR) is 88.7 cm³/mol. The van der Waals surface area contributed by atoms with E-state index in [2.05, 4.69) is 60.1 Å². The van der Waals surface area contributed by atoms with Crippen LogP contribution in [0.1, 0.15) is 33.1 Å². The topological polar surface area (TPSA) is 15.0 Å². The van der Waals surface area contributed by atoms with Crippen molar-refractivity contribution in [1.29, 1.82) is 0 Å². The second kappa shape index (κ2) is 7.18. The highest BCUT2D eigenvalue weighted by atomic mass is 127. The molecule has 2 nitrogen and oxygen atoms in total. The van der Waals surface area contributed by atoms with Crippen LogP contribution in [0.3, 0.4) is 0 Å². The first-order valence-corrected chi connectivity index (χ1v) is 8.28. The van der Waals surface area contributed by atoms with E-state index >= 15 is 0 Å². The summed E-state index contributed by atoms with van der Waals surface area (Å²) in [5.41, 5.74) is 2.68. The van der Waals surface area contributed by atoms with E-state index in [0.29, 0.717) is 0 Å².